The maximum Gasteiger partial charge on any atom is 0.147 e. The molecule has 0 N–H and O–H groups in total. The predicted molar refractivity (Wildman–Crippen MR) is 42.6 cm³/mol. The SMILES string of the molecule is C=CC/C(C=O)=C/N(C)C. The van der Waals surface area contributed by atoms with Gasteiger partial charge in [0.1, 0.15) is 6.29 Å². The van der Waals surface area contributed by atoms with Crippen LogP contribution in [-0.4, -0.2) is 25.3 Å². The van der Waals surface area contributed by atoms with E-state index >= 15 is 0 Å². The number of aldehydes is 1. The fourth-order valence-corrected chi connectivity index (χ4v) is 0.630. The average Bonchev–Trinajstić information content (AvgIpc) is 1.86. The van der Waals surface area contributed by atoms with E-state index in [4.69, 9.17) is 0 Å². The van der Waals surface area contributed by atoms with E-state index in [1.807, 2.05) is 19.0 Å². The highest BCUT2D eigenvalue weighted by Gasteiger charge is 1.90. The van der Waals surface area contributed by atoms with Gasteiger partial charge in [-0.25, -0.2) is 0 Å². The fourth-order valence-electron chi connectivity index (χ4n) is 0.630. The van der Waals surface area contributed by atoms with Crippen molar-refractivity contribution in [3.8, 4) is 0 Å². The van der Waals surface area contributed by atoms with E-state index in [9.17, 15) is 4.79 Å². The summed E-state index contributed by atoms with van der Waals surface area (Å²) < 4.78 is 0. The van der Waals surface area contributed by atoms with E-state index in [1.165, 1.54) is 0 Å². The van der Waals surface area contributed by atoms with Crippen LogP contribution in [0.3, 0.4) is 0 Å². The van der Waals surface area contributed by atoms with Gasteiger partial charge in [0.2, 0.25) is 0 Å². The minimum absolute atomic E-state index is 0.641. The van der Waals surface area contributed by atoms with Crippen LogP contribution in [0.15, 0.2) is 24.4 Å². The zero-order valence-corrected chi connectivity index (χ0v) is 6.50. The molecule has 0 aliphatic heterocycles. The van der Waals surface area contributed by atoms with E-state index in [0.717, 1.165) is 11.9 Å². The highest BCUT2D eigenvalue weighted by atomic mass is 16.1. The summed E-state index contributed by atoms with van der Waals surface area (Å²) in [5.41, 5.74) is 0.750. The zero-order valence-electron chi connectivity index (χ0n) is 6.50. The molecule has 0 aromatic heterocycles. The van der Waals surface area contributed by atoms with Crippen LogP contribution >= 0.6 is 0 Å². The molecule has 0 radical (unpaired) electrons. The lowest BCUT2D eigenvalue weighted by Gasteiger charge is -2.04. The largest absolute Gasteiger partial charge is 0.383 e. The van der Waals surface area contributed by atoms with Gasteiger partial charge in [-0.2, -0.15) is 0 Å². The summed E-state index contributed by atoms with van der Waals surface area (Å²) in [6.07, 6.45) is 4.99. The Hall–Kier alpha value is -1.05. The van der Waals surface area contributed by atoms with Crippen molar-refractivity contribution < 1.29 is 4.79 Å². The third-order valence-electron chi connectivity index (χ3n) is 0.955. The Labute approximate surface area is 61.8 Å². The van der Waals surface area contributed by atoms with Gasteiger partial charge in [-0.3, -0.25) is 4.79 Å². The second-order valence-electron chi connectivity index (χ2n) is 2.28. The zero-order chi connectivity index (χ0) is 7.98. The van der Waals surface area contributed by atoms with Gasteiger partial charge in [-0.1, -0.05) is 6.08 Å². The lowest BCUT2D eigenvalue weighted by Crippen LogP contribution is -2.03. The molecule has 2 heteroatoms. The van der Waals surface area contributed by atoms with Crippen LogP contribution in [0.25, 0.3) is 0 Å². The first-order chi connectivity index (χ1) is 4.70. The van der Waals surface area contributed by atoms with Crippen LogP contribution in [0, 0.1) is 0 Å². The Balaban J connectivity index is 4.02. The average molecular weight is 139 g/mol. The molecule has 0 fully saturated rings. The molecule has 0 saturated heterocycles. The van der Waals surface area contributed by atoms with Gasteiger partial charge in [0.15, 0.2) is 0 Å². The van der Waals surface area contributed by atoms with Crippen LogP contribution < -0.4 is 0 Å². The van der Waals surface area contributed by atoms with Crippen LogP contribution in [0.4, 0.5) is 0 Å². The summed E-state index contributed by atoms with van der Waals surface area (Å²) in [6, 6.07) is 0. The Morgan fingerprint density at radius 1 is 1.60 bits per heavy atom. The highest BCUT2D eigenvalue weighted by molar-refractivity contribution is 5.73. The number of carbonyl (C=O) groups excluding carboxylic acids is 1. The van der Waals surface area contributed by atoms with Crippen molar-refractivity contribution in [1.82, 2.24) is 4.90 Å². The molecule has 0 aliphatic rings. The predicted octanol–water partition coefficient (Wildman–Crippen LogP) is 1.21. The van der Waals surface area contributed by atoms with Crippen LogP contribution in [0.5, 0.6) is 0 Å². The number of carbonyl (C=O) groups is 1. The second kappa shape index (κ2) is 4.79. The summed E-state index contributed by atoms with van der Waals surface area (Å²) in [4.78, 5) is 12.1. The van der Waals surface area contributed by atoms with Crippen molar-refractivity contribution in [3.05, 3.63) is 24.4 Å². The third-order valence-corrected chi connectivity index (χ3v) is 0.955. The first-order valence-corrected chi connectivity index (χ1v) is 3.14. The van der Waals surface area contributed by atoms with Crippen molar-refractivity contribution in [1.29, 1.82) is 0 Å². The molecule has 10 heavy (non-hydrogen) atoms. The lowest BCUT2D eigenvalue weighted by molar-refractivity contribution is -0.105. The molecular formula is C8H13NO. The van der Waals surface area contributed by atoms with E-state index < -0.39 is 0 Å². The number of allylic oxidation sites excluding steroid dienone is 2. The van der Waals surface area contributed by atoms with E-state index in [2.05, 4.69) is 6.58 Å². The maximum atomic E-state index is 10.3. The van der Waals surface area contributed by atoms with Crippen LogP contribution in [0.2, 0.25) is 0 Å². The van der Waals surface area contributed by atoms with Crippen molar-refractivity contribution in [3.63, 3.8) is 0 Å². The smallest absolute Gasteiger partial charge is 0.147 e. The quantitative estimate of drug-likeness (QED) is 0.331. The second-order valence-corrected chi connectivity index (χ2v) is 2.28. The van der Waals surface area contributed by atoms with Gasteiger partial charge in [-0.15, -0.1) is 6.58 Å². The summed E-state index contributed by atoms with van der Waals surface area (Å²) in [5.74, 6) is 0. The minimum Gasteiger partial charge on any atom is -0.383 e. The van der Waals surface area contributed by atoms with Gasteiger partial charge in [0, 0.05) is 25.9 Å². The number of hydrogen-bond acceptors (Lipinski definition) is 2. The molecule has 2 nitrogen and oxygen atoms in total. The molecule has 0 heterocycles. The Bertz CT molecular complexity index is 147. The minimum atomic E-state index is 0.641. The molecule has 0 aromatic rings. The van der Waals surface area contributed by atoms with Gasteiger partial charge >= 0.3 is 0 Å². The Morgan fingerprint density at radius 2 is 2.20 bits per heavy atom. The molecule has 0 aromatic carbocycles. The van der Waals surface area contributed by atoms with Crippen LogP contribution in [-0.2, 0) is 4.79 Å². The molecule has 56 valence electrons. The maximum absolute atomic E-state index is 10.3. The van der Waals surface area contributed by atoms with Gasteiger partial charge in [0.25, 0.3) is 0 Å². The summed E-state index contributed by atoms with van der Waals surface area (Å²) in [7, 11) is 3.76. The molecule has 0 aliphatic carbocycles. The van der Waals surface area contributed by atoms with Crippen LogP contribution in [0.1, 0.15) is 6.42 Å². The highest BCUT2D eigenvalue weighted by Crippen LogP contribution is 1.97. The van der Waals surface area contributed by atoms with Crippen molar-refractivity contribution >= 4 is 6.29 Å². The summed E-state index contributed by atoms with van der Waals surface area (Å²) >= 11 is 0. The number of hydrogen-bond donors (Lipinski definition) is 0. The topological polar surface area (TPSA) is 20.3 Å². The van der Waals surface area contributed by atoms with Gasteiger partial charge in [0.05, 0.1) is 0 Å². The first-order valence-electron chi connectivity index (χ1n) is 3.14. The standard InChI is InChI=1S/C8H13NO/c1-4-5-8(7-10)6-9(2)3/h4,6-7H,1,5H2,2-3H3/b8-6-. The van der Waals surface area contributed by atoms with Crippen molar-refractivity contribution in [2.24, 2.45) is 0 Å². The molecule has 0 atom stereocenters. The van der Waals surface area contributed by atoms with E-state index in [0.29, 0.717) is 6.42 Å². The summed E-state index contributed by atoms with van der Waals surface area (Å²) in [5, 5.41) is 0. The molecule has 0 amide bonds. The summed E-state index contributed by atoms with van der Waals surface area (Å²) in [6.45, 7) is 3.54. The molecular weight excluding hydrogens is 126 g/mol. The number of rotatable bonds is 4. The molecule has 0 spiro atoms. The first kappa shape index (κ1) is 8.95. The fraction of sp³-hybridized carbons (Fsp3) is 0.375. The third kappa shape index (κ3) is 3.89. The molecule has 0 rings (SSSR count). The molecule has 0 unspecified atom stereocenters. The van der Waals surface area contributed by atoms with Gasteiger partial charge < -0.3 is 4.90 Å². The van der Waals surface area contributed by atoms with Crippen molar-refractivity contribution in [2.75, 3.05) is 14.1 Å². The van der Waals surface area contributed by atoms with Gasteiger partial charge in [-0.05, 0) is 6.42 Å². The Morgan fingerprint density at radius 3 is 2.50 bits per heavy atom. The number of nitrogens with zero attached hydrogens (tertiary/aromatic N) is 1. The monoisotopic (exact) mass is 139 g/mol. The molecule has 0 saturated carbocycles. The molecule has 0 bridgehead atoms. The Kier molecular flexibility index (Phi) is 4.29. The van der Waals surface area contributed by atoms with E-state index in [-0.39, 0.29) is 0 Å². The lowest BCUT2D eigenvalue weighted by atomic mass is 10.2. The normalized spacial score (nSPS) is 10.8. The van der Waals surface area contributed by atoms with Crippen molar-refractivity contribution in [2.45, 2.75) is 6.42 Å². The van der Waals surface area contributed by atoms with E-state index in [1.54, 1.807) is 12.3 Å².